The highest BCUT2D eigenvalue weighted by Gasteiger charge is 2.28. The third-order valence-corrected chi connectivity index (χ3v) is 4.83. The normalized spacial score (nSPS) is 24.7. The van der Waals surface area contributed by atoms with E-state index in [1.54, 1.807) is 6.07 Å². The molecule has 1 aliphatic rings. The lowest BCUT2D eigenvalue weighted by Crippen LogP contribution is -2.32. The van der Waals surface area contributed by atoms with Crippen molar-refractivity contribution >= 4 is 9.84 Å². The van der Waals surface area contributed by atoms with Gasteiger partial charge in [0, 0.05) is 12.1 Å². The molecular formula is C12H16FNO2S. The van der Waals surface area contributed by atoms with Crippen molar-refractivity contribution in [1.82, 2.24) is 5.32 Å². The average molecular weight is 257 g/mol. The van der Waals surface area contributed by atoms with Gasteiger partial charge in [0.25, 0.3) is 0 Å². The molecule has 0 bridgehead atoms. The summed E-state index contributed by atoms with van der Waals surface area (Å²) in [7, 11) is -2.87. The van der Waals surface area contributed by atoms with E-state index in [4.69, 9.17) is 0 Å². The van der Waals surface area contributed by atoms with Crippen LogP contribution in [0.5, 0.6) is 0 Å². The van der Waals surface area contributed by atoms with Gasteiger partial charge in [-0.05, 0) is 31.0 Å². The van der Waals surface area contributed by atoms with Crippen LogP contribution in [0.15, 0.2) is 24.3 Å². The van der Waals surface area contributed by atoms with Crippen molar-refractivity contribution in [2.45, 2.75) is 25.4 Å². The summed E-state index contributed by atoms with van der Waals surface area (Å²) in [5.74, 6) is 0.169. The monoisotopic (exact) mass is 257 g/mol. The molecule has 1 saturated heterocycles. The Labute approximate surface area is 101 Å². The first-order chi connectivity index (χ1) is 7.96. The molecule has 2 atom stereocenters. The first-order valence-electron chi connectivity index (χ1n) is 5.68. The van der Waals surface area contributed by atoms with Crippen molar-refractivity contribution in [3.63, 3.8) is 0 Å². The average Bonchev–Trinajstić information content (AvgIpc) is 2.58. The Morgan fingerprint density at radius 3 is 2.82 bits per heavy atom. The maximum Gasteiger partial charge on any atom is 0.151 e. The third-order valence-electron chi connectivity index (χ3n) is 3.07. The van der Waals surface area contributed by atoms with Gasteiger partial charge in [0.05, 0.1) is 11.5 Å². The molecule has 0 amide bonds. The van der Waals surface area contributed by atoms with Crippen LogP contribution in [0.3, 0.4) is 0 Å². The molecule has 0 radical (unpaired) electrons. The molecule has 1 aromatic rings. The quantitative estimate of drug-likeness (QED) is 0.896. The van der Waals surface area contributed by atoms with Gasteiger partial charge in [0.15, 0.2) is 9.84 Å². The van der Waals surface area contributed by atoms with E-state index in [9.17, 15) is 12.8 Å². The Hall–Kier alpha value is -0.940. The van der Waals surface area contributed by atoms with Crippen LogP contribution >= 0.6 is 0 Å². The molecule has 1 unspecified atom stereocenters. The van der Waals surface area contributed by atoms with Crippen molar-refractivity contribution in [1.29, 1.82) is 0 Å². The molecule has 0 aromatic heterocycles. The SMILES string of the molecule is C[C@H](NC1CCS(=O)(=O)C1)c1cccc(F)c1. The summed E-state index contributed by atoms with van der Waals surface area (Å²) in [4.78, 5) is 0. The molecule has 0 saturated carbocycles. The van der Waals surface area contributed by atoms with Crippen molar-refractivity contribution < 1.29 is 12.8 Å². The van der Waals surface area contributed by atoms with Gasteiger partial charge in [0.2, 0.25) is 0 Å². The van der Waals surface area contributed by atoms with Crippen molar-refractivity contribution in [2.75, 3.05) is 11.5 Å². The predicted octanol–water partition coefficient (Wildman–Crippen LogP) is 1.66. The van der Waals surface area contributed by atoms with Gasteiger partial charge in [-0.25, -0.2) is 12.8 Å². The van der Waals surface area contributed by atoms with Gasteiger partial charge in [-0.3, -0.25) is 0 Å². The lowest BCUT2D eigenvalue weighted by molar-refractivity contribution is 0.482. The molecule has 0 aliphatic carbocycles. The van der Waals surface area contributed by atoms with Gasteiger partial charge >= 0.3 is 0 Å². The standard InChI is InChI=1S/C12H16FNO2S/c1-9(10-3-2-4-11(13)7-10)14-12-5-6-17(15,16)8-12/h2-4,7,9,12,14H,5-6,8H2,1H3/t9-,12?/m0/s1. The topological polar surface area (TPSA) is 46.2 Å². The molecule has 1 heterocycles. The smallest absolute Gasteiger partial charge is 0.151 e. The Morgan fingerprint density at radius 1 is 1.47 bits per heavy atom. The van der Waals surface area contributed by atoms with Gasteiger partial charge in [-0.15, -0.1) is 0 Å². The second-order valence-electron chi connectivity index (χ2n) is 4.54. The van der Waals surface area contributed by atoms with Crippen LogP contribution in [-0.4, -0.2) is 26.0 Å². The van der Waals surface area contributed by atoms with Crippen LogP contribution in [0.2, 0.25) is 0 Å². The van der Waals surface area contributed by atoms with Crippen LogP contribution in [0, 0.1) is 5.82 Å². The number of hydrogen-bond donors (Lipinski definition) is 1. The maximum atomic E-state index is 13.0. The molecule has 0 spiro atoms. The van der Waals surface area contributed by atoms with Crippen molar-refractivity contribution in [3.8, 4) is 0 Å². The first kappa shape index (κ1) is 12.5. The third kappa shape index (κ3) is 3.26. The zero-order valence-electron chi connectivity index (χ0n) is 9.69. The zero-order valence-corrected chi connectivity index (χ0v) is 10.5. The maximum absolute atomic E-state index is 13.0. The molecule has 17 heavy (non-hydrogen) atoms. The fourth-order valence-corrected chi connectivity index (χ4v) is 3.84. The Kier molecular flexibility index (Phi) is 3.49. The molecule has 1 fully saturated rings. The van der Waals surface area contributed by atoms with Crippen LogP contribution < -0.4 is 5.32 Å². The number of sulfone groups is 1. The first-order valence-corrected chi connectivity index (χ1v) is 7.50. The summed E-state index contributed by atoms with van der Waals surface area (Å²) in [5.41, 5.74) is 0.842. The molecule has 1 aliphatic heterocycles. The molecule has 1 aromatic carbocycles. The van der Waals surface area contributed by atoms with Gasteiger partial charge in [0.1, 0.15) is 5.82 Å². The summed E-state index contributed by atoms with van der Waals surface area (Å²) < 4.78 is 35.7. The molecule has 2 rings (SSSR count). The Balaban J connectivity index is 2.00. The minimum atomic E-state index is -2.87. The predicted molar refractivity (Wildman–Crippen MR) is 65.0 cm³/mol. The van der Waals surface area contributed by atoms with Crippen LogP contribution in [0.4, 0.5) is 4.39 Å². The lowest BCUT2D eigenvalue weighted by Gasteiger charge is -2.18. The van der Waals surface area contributed by atoms with Crippen molar-refractivity contribution in [2.24, 2.45) is 0 Å². The summed E-state index contributed by atoms with van der Waals surface area (Å²) in [6, 6.07) is 6.32. The van der Waals surface area contributed by atoms with Gasteiger partial charge in [-0.2, -0.15) is 0 Å². The number of benzene rings is 1. The lowest BCUT2D eigenvalue weighted by atomic mass is 10.1. The van der Waals surface area contributed by atoms with E-state index >= 15 is 0 Å². The summed E-state index contributed by atoms with van der Waals surface area (Å²) >= 11 is 0. The molecule has 94 valence electrons. The fourth-order valence-electron chi connectivity index (χ4n) is 2.15. The zero-order chi connectivity index (χ0) is 12.5. The van der Waals surface area contributed by atoms with Crippen LogP contribution in [0.25, 0.3) is 0 Å². The minimum absolute atomic E-state index is 0.0155. The largest absolute Gasteiger partial charge is 0.306 e. The van der Waals surface area contributed by atoms with E-state index in [0.717, 1.165) is 5.56 Å². The second-order valence-corrected chi connectivity index (χ2v) is 6.77. The van der Waals surface area contributed by atoms with Crippen LogP contribution in [0.1, 0.15) is 24.9 Å². The molecule has 5 heteroatoms. The Bertz CT molecular complexity index is 501. The highest BCUT2D eigenvalue weighted by Crippen LogP contribution is 2.18. The summed E-state index contributed by atoms with van der Waals surface area (Å²) in [5, 5.41) is 3.23. The second kappa shape index (κ2) is 4.74. The number of nitrogens with one attached hydrogen (secondary N) is 1. The molecule has 1 N–H and O–H groups in total. The molecule has 3 nitrogen and oxygen atoms in total. The van der Waals surface area contributed by atoms with E-state index in [0.29, 0.717) is 6.42 Å². The van der Waals surface area contributed by atoms with Crippen LogP contribution in [-0.2, 0) is 9.84 Å². The van der Waals surface area contributed by atoms with E-state index < -0.39 is 9.84 Å². The van der Waals surface area contributed by atoms with Gasteiger partial charge in [-0.1, -0.05) is 12.1 Å². The Morgan fingerprint density at radius 2 is 2.24 bits per heavy atom. The number of rotatable bonds is 3. The van der Waals surface area contributed by atoms with Crippen molar-refractivity contribution in [3.05, 3.63) is 35.6 Å². The summed E-state index contributed by atoms with van der Waals surface area (Å²) in [6.07, 6.45) is 0.641. The highest BCUT2D eigenvalue weighted by molar-refractivity contribution is 7.91. The fraction of sp³-hybridized carbons (Fsp3) is 0.500. The van der Waals surface area contributed by atoms with E-state index in [-0.39, 0.29) is 29.4 Å². The highest BCUT2D eigenvalue weighted by atomic mass is 32.2. The van der Waals surface area contributed by atoms with Gasteiger partial charge < -0.3 is 5.32 Å². The summed E-state index contributed by atoms with van der Waals surface area (Å²) in [6.45, 7) is 1.92. The minimum Gasteiger partial charge on any atom is -0.306 e. The van der Waals surface area contributed by atoms with E-state index in [1.807, 2.05) is 13.0 Å². The van der Waals surface area contributed by atoms with E-state index in [2.05, 4.69) is 5.32 Å². The number of halogens is 1. The molecular weight excluding hydrogens is 241 g/mol. The van der Waals surface area contributed by atoms with E-state index in [1.165, 1.54) is 12.1 Å². The number of hydrogen-bond acceptors (Lipinski definition) is 3.